The summed E-state index contributed by atoms with van der Waals surface area (Å²) in [6, 6.07) is 12.6. The molecule has 1 atom stereocenters. The molecule has 1 saturated heterocycles. The lowest BCUT2D eigenvalue weighted by Crippen LogP contribution is -2.34. The molecule has 1 aromatic carbocycles. The molecule has 1 N–H and O–H groups in total. The summed E-state index contributed by atoms with van der Waals surface area (Å²) in [6.07, 6.45) is 9.86. The Labute approximate surface area is 141 Å². The Morgan fingerprint density at radius 1 is 1.04 bits per heavy atom. The summed E-state index contributed by atoms with van der Waals surface area (Å²) in [4.78, 5) is 19.4. The summed E-state index contributed by atoms with van der Waals surface area (Å²) in [5, 5.41) is 0. The van der Waals surface area contributed by atoms with E-state index in [4.69, 9.17) is 4.98 Å². The first-order valence-corrected chi connectivity index (χ1v) is 8.52. The van der Waals surface area contributed by atoms with Gasteiger partial charge in [0, 0.05) is 31.6 Å². The Kier molecular flexibility index (Phi) is 4.23. The fourth-order valence-electron chi connectivity index (χ4n) is 3.36. The van der Waals surface area contributed by atoms with Crippen LogP contribution in [0.3, 0.4) is 0 Å². The number of H-pyrrole nitrogens is 1. The highest BCUT2D eigenvalue weighted by Crippen LogP contribution is 2.32. The van der Waals surface area contributed by atoms with E-state index in [1.165, 1.54) is 18.4 Å². The summed E-state index contributed by atoms with van der Waals surface area (Å²) in [5.74, 6) is 2.89. The predicted molar refractivity (Wildman–Crippen MR) is 93.8 cm³/mol. The maximum absolute atomic E-state index is 4.82. The van der Waals surface area contributed by atoms with Crippen molar-refractivity contribution in [2.45, 2.75) is 31.7 Å². The minimum atomic E-state index is 0.272. The number of rotatable bonds is 4. The predicted octanol–water partition coefficient (Wildman–Crippen LogP) is 3.52. The van der Waals surface area contributed by atoms with Crippen molar-refractivity contribution >= 4 is 5.82 Å². The number of anilines is 1. The second kappa shape index (κ2) is 6.83. The van der Waals surface area contributed by atoms with Crippen LogP contribution in [0.5, 0.6) is 0 Å². The highest BCUT2D eigenvalue weighted by Gasteiger charge is 2.27. The van der Waals surface area contributed by atoms with Gasteiger partial charge in [0.05, 0.1) is 6.04 Å². The van der Waals surface area contributed by atoms with E-state index < -0.39 is 0 Å². The van der Waals surface area contributed by atoms with Gasteiger partial charge in [0.15, 0.2) is 0 Å². The molecule has 0 spiro atoms. The first-order valence-electron chi connectivity index (χ1n) is 8.52. The van der Waals surface area contributed by atoms with Crippen molar-refractivity contribution in [1.82, 2.24) is 19.9 Å². The molecule has 4 rings (SSSR count). The van der Waals surface area contributed by atoms with Gasteiger partial charge >= 0.3 is 0 Å². The highest BCUT2D eigenvalue weighted by atomic mass is 15.2. The number of aromatic amines is 1. The van der Waals surface area contributed by atoms with Crippen molar-refractivity contribution in [2.24, 2.45) is 0 Å². The fraction of sp³-hybridized carbons (Fsp3) is 0.316. The summed E-state index contributed by atoms with van der Waals surface area (Å²) in [5.41, 5.74) is 1.23. The third kappa shape index (κ3) is 3.15. The lowest BCUT2D eigenvalue weighted by molar-refractivity contribution is 0.455. The SMILES string of the molecule is c1ccc(Cc2nccc(N3CCCCC3c3ncc[nH]3)n2)cc1. The molecule has 0 radical (unpaired) electrons. The molecule has 1 aliphatic heterocycles. The summed E-state index contributed by atoms with van der Waals surface area (Å²) >= 11 is 0. The van der Waals surface area contributed by atoms with Crippen molar-refractivity contribution in [1.29, 1.82) is 0 Å². The van der Waals surface area contributed by atoms with Crippen LogP contribution >= 0.6 is 0 Å². The molecule has 3 heterocycles. The molecule has 5 heteroatoms. The van der Waals surface area contributed by atoms with E-state index in [0.29, 0.717) is 0 Å². The topological polar surface area (TPSA) is 57.7 Å². The van der Waals surface area contributed by atoms with E-state index in [-0.39, 0.29) is 6.04 Å². The van der Waals surface area contributed by atoms with Crippen LogP contribution in [-0.2, 0) is 6.42 Å². The second-order valence-electron chi connectivity index (χ2n) is 6.17. The lowest BCUT2D eigenvalue weighted by atomic mass is 10.0. The van der Waals surface area contributed by atoms with Gasteiger partial charge in [-0.3, -0.25) is 0 Å². The van der Waals surface area contributed by atoms with Gasteiger partial charge in [-0.15, -0.1) is 0 Å². The quantitative estimate of drug-likeness (QED) is 0.799. The molecule has 0 amide bonds. The van der Waals surface area contributed by atoms with Gasteiger partial charge in [0.1, 0.15) is 17.5 Å². The number of aromatic nitrogens is 4. The Balaban J connectivity index is 1.59. The summed E-state index contributed by atoms with van der Waals surface area (Å²) in [6.45, 7) is 1.01. The van der Waals surface area contributed by atoms with Crippen LogP contribution in [0.4, 0.5) is 5.82 Å². The number of piperidine rings is 1. The van der Waals surface area contributed by atoms with Crippen molar-refractivity contribution in [2.75, 3.05) is 11.4 Å². The van der Waals surface area contributed by atoms with Crippen molar-refractivity contribution in [3.8, 4) is 0 Å². The molecular weight excluding hydrogens is 298 g/mol. The molecule has 1 unspecified atom stereocenters. The first-order chi connectivity index (χ1) is 11.9. The molecule has 5 nitrogen and oxygen atoms in total. The number of nitrogens with one attached hydrogen (secondary N) is 1. The third-order valence-corrected chi connectivity index (χ3v) is 4.53. The number of benzene rings is 1. The molecule has 1 fully saturated rings. The fourth-order valence-corrected chi connectivity index (χ4v) is 3.36. The van der Waals surface area contributed by atoms with Crippen LogP contribution in [0.15, 0.2) is 55.0 Å². The average Bonchev–Trinajstić information content (AvgIpc) is 3.17. The number of hydrogen-bond donors (Lipinski definition) is 1. The average molecular weight is 319 g/mol. The number of hydrogen-bond acceptors (Lipinski definition) is 4. The Morgan fingerprint density at radius 2 is 1.96 bits per heavy atom. The summed E-state index contributed by atoms with van der Waals surface area (Å²) < 4.78 is 0. The molecule has 122 valence electrons. The first kappa shape index (κ1) is 14.9. The third-order valence-electron chi connectivity index (χ3n) is 4.53. The standard InChI is InChI=1S/C19H21N5/c1-2-6-15(7-3-1)14-17-20-10-9-18(23-17)24-13-5-4-8-16(24)19-21-11-12-22-19/h1-3,6-7,9-12,16H,4-5,8,13-14H2,(H,21,22). The van der Waals surface area contributed by atoms with Crippen LogP contribution < -0.4 is 4.90 Å². The van der Waals surface area contributed by atoms with Crippen molar-refractivity contribution in [3.05, 3.63) is 72.2 Å². The maximum atomic E-state index is 4.82. The monoisotopic (exact) mass is 319 g/mol. The van der Waals surface area contributed by atoms with Gasteiger partial charge in [0.25, 0.3) is 0 Å². The van der Waals surface area contributed by atoms with Gasteiger partial charge in [0.2, 0.25) is 0 Å². The van der Waals surface area contributed by atoms with E-state index >= 15 is 0 Å². The zero-order chi connectivity index (χ0) is 16.2. The minimum Gasteiger partial charge on any atom is -0.347 e. The van der Waals surface area contributed by atoms with Crippen molar-refractivity contribution in [3.63, 3.8) is 0 Å². The van der Waals surface area contributed by atoms with Gasteiger partial charge in [-0.1, -0.05) is 30.3 Å². The molecular formula is C19H21N5. The summed E-state index contributed by atoms with van der Waals surface area (Å²) in [7, 11) is 0. The van der Waals surface area contributed by atoms with E-state index in [0.717, 1.165) is 36.9 Å². The van der Waals surface area contributed by atoms with Crippen LogP contribution in [0, 0.1) is 0 Å². The molecule has 3 aromatic rings. The molecule has 0 aliphatic carbocycles. The second-order valence-corrected chi connectivity index (χ2v) is 6.17. The Hall–Kier alpha value is -2.69. The highest BCUT2D eigenvalue weighted by molar-refractivity contribution is 5.41. The van der Waals surface area contributed by atoms with Crippen LogP contribution in [0.25, 0.3) is 0 Å². The Bertz CT molecular complexity index is 769. The largest absolute Gasteiger partial charge is 0.347 e. The van der Waals surface area contributed by atoms with E-state index in [9.17, 15) is 0 Å². The smallest absolute Gasteiger partial charge is 0.135 e. The Morgan fingerprint density at radius 3 is 2.79 bits per heavy atom. The van der Waals surface area contributed by atoms with E-state index in [1.54, 1.807) is 0 Å². The maximum Gasteiger partial charge on any atom is 0.135 e. The van der Waals surface area contributed by atoms with Gasteiger partial charge in [-0.05, 0) is 30.9 Å². The van der Waals surface area contributed by atoms with Crippen LogP contribution in [0.1, 0.15) is 42.5 Å². The van der Waals surface area contributed by atoms with Gasteiger partial charge in [-0.25, -0.2) is 15.0 Å². The molecule has 2 aromatic heterocycles. The molecule has 0 bridgehead atoms. The van der Waals surface area contributed by atoms with E-state index in [2.05, 4.69) is 44.1 Å². The molecule has 24 heavy (non-hydrogen) atoms. The number of imidazole rings is 1. The molecule has 1 aliphatic rings. The van der Waals surface area contributed by atoms with Crippen molar-refractivity contribution < 1.29 is 0 Å². The normalized spacial score (nSPS) is 17.8. The lowest BCUT2D eigenvalue weighted by Gasteiger charge is -2.35. The van der Waals surface area contributed by atoms with Crippen LogP contribution in [0.2, 0.25) is 0 Å². The van der Waals surface area contributed by atoms with E-state index in [1.807, 2.05) is 30.7 Å². The minimum absolute atomic E-state index is 0.272. The zero-order valence-electron chi connectivity index (χ0n) is 13.6. The zero-order valence-corrected chi connectivity index (χ0v) is 13.6. The van der Waals surface area contributed by atoms with Gasteiger partial charge < -0.3 is 9.88 Å². The van der Waals surface area contributed by atoms with Gasteiger partial charge in [-0.2, -0.15) is 0 Å². The molecule has 0 saturated carbocycles. The van der Waals surface area contributed by atoms with Crippen LogP contribution in [-0.4, -0.2) is 26.5 Å². The number of nitrogens with zero attached hydrogens (tertiary/aromatic N) is 4.